The van der Waals surface area contributed by atoms with Crippen LogP contribution in [0.15, 0.2) is 43.0 Å². The molecule has 3 N–H and O–H groups in total. The number of fused-ring (bicyclic) bond motifs is 3. The number of carboxylic acids is 1. The summed E-state index contributed by atoms with van der Waals surface area (Å²) in [4.78, 5) is 10.8. The van der Waals surface area contributed by atoms with Gasteiger partial charge in [-0.15, -0.1) is 6.58 Å². The van der Waals surface area contributed by atoms with Crippen molar-refractivity contribution in [2.75, 3.05) is 0 Å². The number of aliphatic hydroxyl groups excluding tert-OH is 2. The number of carboxylic acid groups (broad SMARTS) is 1. The van der Waals surface area contributed by atoms with Gasteiger partial charge in [0.15, 0.2) is 0 Å². The Morgan fingerprint density at radius 3 is 2.93 bits per heavy atom. The maximum atomic E-state index is 10.8. The molecule has 6 atom stereocenters. The molecule has 3 rings (SSSR count). The van der Waals surface area contributed by atoms with Gasteiger partial charge in [-0.2, -0.15) is 0 Å². The molecule has 0 saturated heterocycles. The quantitative estimate of drug-likeness (QED) is 0.611. The van der Waals surface area contributed by atoms with E-state index in [9.17, 15) is 15.0 Å². The third-order valence-electron chi connectivity index (χ3n) is 5.77. The van der Waals surface area contributed by atoms with Crippen molar-refractivity contribution in [2.24, 2.45) is 11.8 Å². The molecule has 5 nitrogen and oxygen atoms in total. The first kappa shape index (κ1) is 19.6. The summed E-state index contributed by atoms with van der Waals surface area (Å²) in [7, 11) is 0. The number of aryl methyl sites for hydroxylation is 1. The van der Waals surface area contributed by atoms with Gasteiger partial charge in [0.05, 0.1) is 12.2 Å². The number of rotatable bonds is 8. The highest BCUT2D eigenvalue weighted by Crippen LogP contribution is 2.52. The van der Waals surface area contributed by atoms with Crippen molar-refractivity contribution in [1.29, 1.82) is 0 Å². The van der Waals surface area contributed by atoms with Crippen molar-refractivity contribution < 1.29 is 24.9 Å². The highest BCUT2D eigenvalue weighted by atomic mass is 16.5. The molecule has 146 valence electrons. The summed E-state index contributed by atoms with van der Waals surface area (Å²) >= 11 is 0. The fraction of sp³-hybridized carbons (Fsp3) is 0.500. The topological polar surface area (TPSA) is 87.0 Å². The van der Waals surface area contributed by atoms with E-state index in [1.54, 1.807) is 12.2 Å². The van der Waals surface area contributed by atoms with Gasteiger partial charge in [0, 0.05) is 36.2 Å². The fourth-order valence-electron chi connectivity index (χ4n) is 4.15. The van der Waals surface area contributed by atoms with E-state index in [0.29, 0.717) is 19.3 Å². The first-order chi connectivity index (χ1) is 12.9. The maximum Gasteiger partial charge on any atom is 0.303 e. The van der Waals surface area contributed by atoms with Crippen molar-refractivity contribution in [3.63, 3.8) is 0 Å². The summed E-state index contributed by atoms with van der Waals surface area (Å²) < 4.78 is 6.18. The number of hydrogen-bond donors (Lipinski definition) is 3. The van der Waals surface area contributed by atoms with Gasteiger partial charge in [-0.1, -0.05) is 43.4 Å². The molecule has 0 amide bonds. The highest BCUT2D eigenvalue weighted by Gasteiger charge is 2.48. The van der Waals surface area contributed by atoms with Crippen LogP contribution in [0.3, 0.4) is 0 Å². The molecule has 0 spiro atoms. The molecule has 2 aliphatic rings. The summed E-state index contributed by atoms with van der Waals surface area (Å²) in [5.74, 6) is -0.0539. The van der Waals surface area contributed by atoms with Gasteiger partial charge in [0.1, 0.15) is 11.9 Å². The third-order valence-corrected chi connectivity index (χ3v) is 5.77. The Hall–Kier alpha value is -2.11. The second-order valence-corrected chi connectivity index (χ2v) is 7.62. The monoisotopic (exact) mass is 372 g/mol. The Balaban J connectivity index is 1.79. The number of aliphatic carboxylic acids is 1. The van der Waals surface area contributed by atoms with Gasteiger partial charge >= 0.3 is 5.97 Å². The van der Waals surface area contributed by atoms with Crippen LogP contribution < -0.4 is 4.74 Å². The average Bonchev–Trinajstić information content (AvgIpc) is 3.14. The molecule has 1 aromatic carbocycles. The Bertz CT molecular complexity index is 725. The van der Waals surface area contributed by atoms with Gasteiger partial charge in [0.2, 0.25) is 0 Å². The Morgan fingerprint density at radius 1 is 1.44 bits per heavy atom. The van der Waals surface area contributed by atoms with E-state index in [0.717, 1.165) is 16.9 Å². The predicted molar refractivity (Wildman–Crippen MR) is 103 cm³/mol. The summed E-state index contributed by atoms with van der Waals surface area (Å²) in [6, 6.07) is 5.99. The average molecular weight is 372 g/mol. The number of hydrogen-bond acceptors (Lipinski definition) is 4. The minimum Gasteiger partial charge on any atom is -0.489 e. The number of para-hydroxylation sites is 1. The summed E-state index contributed by atoms with van der Waals surface area (Å²) in [5.41, 5.74) is 2.10. The summed E-state index contributed by atoms with van der Waals surface area (Å²) in [6.45, 7) is 5.60. The Morgan fingerprint density at radius 2 is 2.22 bits per heavy atom. The smallest absolute Gasteiger partial charge is 0.303 e. The Labute approximate surface area is 160 Å². The van der Waals surface area contributed by atoms with E-state index in [4.69, 9.17) is 9.84 Å². The molecular formula is C22H28O5. The second kappa shape index (κ2) is 8.28. The van der Waals surface area contributed by atoms with Crippen molar-refractivity contribution in [3.05, 3.63) is 54.1 Å². The normalized spacial score (nSPS) is 28.4. The fourth-order valence-corrected chi connectivity index (χ4v) is 4.15. The van der Waals surface area contributed by atoms with Crippen LogP contribution in [0.25, 0.3) is 0 Å². The van der Waals surface area contributed by atoms with Crippen molar-refractivity contribution in [3.8, 4) is 5.75 Å². The zero-order valence-electron chi connectivity index (χ0n) is 15.6. The lowest BCUT2D eigenvalue weighted by atomic mass is 9.86. The van der Waals surface area contributed by atoms with Gasteiger partial charge in [-0.05, 0) is 18.4 Å². The molecule has 1 saturated carbocycles. The minimum atomic E-state index is -0.791. The molecule has 5 heteroatoms. The lowest BCUT2D eigenvalue weighted by molar-refractivity contribution is -0.137. The molecular weight excluding hydrogens is 344 g/mol. The van der Waals surface area contributed by atoms with Crippen molar-refractivity contribution >= 4 is 5.97 Å². The SMILES string of the molecule is C=CC(C)[C@H](O)/C=C/[C@@H]1C2c3cccc(CCCC(=O)O)c3O[C@H]2C[C@H]1O. The lowest BCUT2D eigenvalue weighted by Crippen LogP contribution is -2.18. The van der Waals surface area contributed by atoms with E-state index in [1.807, 2.05) is 31.2 Å². The molecule has 0 aromatic heterocycles. The molecule has 1 aliphatic heterocycles. The number of aliphatic hydroxyl groups is 2. The van der Waals surface area contributed by atoms with E-state index in [1.165, 1.54) is 0 Å². The first-order valence-corrected chi connectivity index (χ1v) is 9.59. The molecule has 0 bridgehead atoms. The molecule has 0 radical (unpaired) electrons. The summed E-state index contributed by atoms with van der Waals surface area (Å²) in [5, 5.41) is 29.5. The lowest BCUT2D eigenvalue weighted by Gasteiger charge is -2.18. The van der Waals surface area contributed by atoms with Gasteiger partial charge in [0.25, 0.3) is 0 Å². The van der Waals surface area contributed by atoms with Crippen LogP contribution in [-0.4, -0.2) is 39.6 Å². The van der Waals surface area contributed by atoms with Gasteiger partial charge in [-0.3, -0.25) is 4.79 Å². The second-order valence-electron chi connectivity index (χ2n) is 7.62. The van der Waals surface area contributed by atoms with Gasteiger partial charge < -0.3 is 20.1 Å². The van der Waals surface area contributed by atoms with E-state index >= 15 is 0 Å². The number of carbonyl (C=O) groups is 1. The molecule has 1 aromatic rings. The molecule has 1 fully saturated rings. The van der Waals surface area contributed by atoms with E-state index < -0.39 is 18.2 Å². The van der Waals surface area contributed by atoms with Crippen molar-refractivity contribution in [2.45, 2.75) is 56.8 Å². The standard InChI is InChI=1S/C22H28O5/c1-3-13(2)17(23)11-10-15-18(24)12-19-21(15)16-8-4-6-14(22(16)27-19)7-5-9-20(25)26/h3-4,6,8,10-11,13,15,17-19,21,23-24H,1,5,7,9,12H2,2H3,(H,25,26)/b11-10+/t13?,15-,17+,18+,19-,21?/m0/s1. The molecule has 27 heavy (non-hydrogen) atoms. The predicted octanol–water partition coefficient (Wildman–Crippen LogP) is 3.06. The van der Waals surface area contributed by atoms with Crippen molar-refractivity contribution in [1.82, 2.24) is 0 Å². The zero-order valence-corrected chi connectivity index (χ0v) is 15.6. The number of ether oxygens (including phenoxy) is 1. The van der Waals surface area contributed by atoms with Crippen LogP contribution in [0.1, 0.15) is 43.2 Å². The van der Waals surface area contributed by atoms with Crippen LogP contribution in [0, 0.1) is 11.8 Å². The van der Waals surface area contributed by atoms with E-state index in [-0.39, 0.29) is 30.3 Å². The third kappa shape index (κ3) is 4.09. The zero-order chi connectivity index (χ0) is 19.6. The maximum absolute atomic E-state index is 10.8. The van der Waals surface area contributed by atoms with Crippen LogP contribution in [0.2, 0.25) is 0 Å². The largest absolute Gasteiger partial charge is 0.489 e. The van der Waals surface area contributed by atoms with Crippen LogP contribution in [-0.2, 0) is 11.2 Å². The van der Waals surface area contributed by atoms with Gasteiger partial charge in [-0.25, -0.2) is 0 Å². The number of benzene rings is 1. The highest BCUT2D eigenvalue weighted by molar-refractivity contribution is 5.66. The Kier molecular flexibility index (Phi) is 6.02. The minimum absolute atomic E-state index is 0.0523. The van der Waals surface area contributed by atoms with Crippen LogP contribution >= 0.6 is 0 Å². The first-order valence-electron chi connectivity index (χ1n) is 9.59. The molecule has 1 aliphatic carbocycles. The molecule has 1 heterocycles. The van der Waals surface area contributed by atoms with Crippen LogP contribution in [0.4, 0.5) is 0 Å². The summed E-state index contributed by atoms with van der Waals surface area (Å²) in [6.07, 6.45) is 6.07. The molecule has 2 unspecified atom stereocenters. The van der Waals surface area contributed by atoms with Crippen LogP contribution in [0.5, 0.6) is 5.75 Å². The van der Waals surface area contributed by atoms with E-state index in [2.05, 4.69) is 6.58 Å².